The first-order valence-corrected chi connectivity index (χ1v) is 14.8. The second-order valence-electron chi connectivity index (χ2n) is 11.9. The van der Waals surface area contributed by atoms with E-state index in [4.69, 9.17) is 20.0 Å². The zero-order valence-corrected chi connectivity index (χ0v) is 24.7. The molecule has 0 bridgehead atoms. The van der Waals surface area contributed by atoms with E-state index in [2.05, 4.69) is 110 Å². The largest absolute Gasteiger partial charge is 0.278 e. The fourth-order valence-corrected chi connectivity index (χ4v) is 7.29. The Morgan fingerprint density at radius 1 is 0.523 bits per heavy atom. The number of fused-ring (bicyclic) bond motifs is 6. The van der Waals surface area contributed by atoms with Crippen molar-refractivity contribution >= 4 is 67.1 Å². The minimum Gasteiger partial charge on any atom is -0.278 e. The zero-order chi connectivity index (χ0) is 29.9. The van der Waals surface area contributed by atoms with Gasteiger partial charge in [0, 0.05) is 21.5 Å². The van der Waals surface area contributed by atoms with Gasteiger partial charge in [0.15, 0.2) is 5.84 Å². The van der Waals surface area contributed by atoms with Crippen LogP contribution in [0.5, 0.6) is 0 Å². The summed E-state index contributed by atoms with van der Waals surface area (Å²) >= 11 is 0. The molecule has 0 N–H and O–H groups in total. The van der Waals surface area contributed by atoms with Crippen molar-refractivity contribution < 1.29 is 4.39 Å². The van der Waals surface area contributed by atoms with Crippen molar-refractivity contribution in [3.05, 3.63) is 119 Å². The van der Waals surface area contributed by atoms with Crippen molar-refractivity contribution in [2.75, 3.05) is 0 Å². The molecule has 1 atom stereocenters. The lowest BCUT2D eigenvalue weighted by atomic mass is 9.91. The summed E-state index contributed by atoms with van der Waals surface area (Å²) in [6.45, 7) is 8.51. The van der Waals surface area contributed by atoms with Crippen molar-refractivity contribution in [2.45, 2.75) is 27.7 Å². The van der Waals surface area contributed by atoms with E-state index >= 15 is 4.39 Å². The van der Waals surface area contributed by atoms with Gasteiger partial charge in [0.2, 0.25) is 11.9 Å². The van der Waals surface area contributed by atoms with Crippen LogP contribution >= 0.6 is 0 Å². The van der Waals surface area contributed by atoms with E-state index in [0.29, 0.717) is 29.2 Å². The second-order valence-corrected chi connectivity index (χ2v) is 11.9. The average Bonchev–Trinajstić information content (AvgIpc) is 3.53. The van der Waals surface area contributed by atoms with E-state index in [9.17, 15) is 0 Å². The van der Waals surface area contributed by atoms with Crippen molar-refractivity contribution in [3.63, 3.8) is 0 Å². The molecule has 0 saturated heterocycles. The highest BCUT2D eigenvalue weighted by Gasteiger charge is 2.37. The van der Waals surface area contributed by atoms with Gasteiger partial charge in [0.25, 0.3) is 0 Å². The smallest absolute Gasteiger partial charge is 0.236 e. The van der Waals surface area contributed by atoms with Crippen LogP contribution in [0.15, 0.2) is 116 Å². The van der Waals surface area contributed by atoms with Crippen molar-refractivity contribution in [1.29, 1.82) is 0 Å². The van der Waals surface area contributed by atoms with Gasteiger partial charge in [0.05, 0.1) is 33.5 Å². The summed E-state index contributed by atoms with van der Waals surface area (Å²) in [7, 11) is 0. The van der Waals surface area contributed by atoms with Crippen LogP contribution in [0.1, 0.15) is 22.3 Å². The molecule has 2 aliphatic heterocycles. The molecule has 1 aliphatic carbocycles. The quantitative estimate of drug-likeness (QED) is 0.175. The maximum Gasteiger partial charge on any atom is 0.236 e. The van der Waals surface area contributed by atoms with Crippen LogP contribution in [-0.2, 0) is 0 Å². The molecule has 3 aliphatic rings. The summed E-state index contributed by atoms with van der Waals surface area (Å²) in [5, 5.41) is 4.67. The number of aliphatic imine (C=N–C) groups is 4. The van der Waals surface area contributed by atoms with Gasteiger partial charge >= 0.3 is 0 Å². The lowest BCUT2D eigenvalue weighted by Crippen LogP contribution is -2.36. The number of nitrogens with zero attached hydrogens (tertiary/aromatic N) is 6. The SMILES string of the molecule is Cc1cccc2c1c1c(C)cccc1n2C1=NC2=CC(F)=CC3=NC(n4c5cccc(C)c5c5c(C)cccc54)=NC(=N1)C23. The lowest BCUT2D eigenvalue weighted by Gasteiger charge is -2.28. The number of rotatable bonds is 0. The van der Waals surface area contributed by atoms with Crippen LogP contribution in [0.4, 0.5) is 4.39 Å². The number of aromatic nitrogens is 2. The summed E-state index contributed by atoms with van der Waals surface area (Å²) < 4.78 is 19.4. The Bertz CT molecular complexity index is 2250. The van der Waals surface area contributed by atoms with Gasteiger partial charge in [0.1, 0.15) is 11.7 Å². The predicted molar refractivity (Wildman–Crippen MR) is 179 cm³/mol. The summed E-state index contributed by atoms with van der Waals surface area (Å²) in [4.78, 5) is 20.2. The topological polar surface area (TPSA) is 59.3 Å². The minimum absolute atomic E-state index is 0.386. The predicted octanol–water partition coefficient (Wildman–Crippen LogP) is 8.48. The molecule has 1 unspecified atom stereocenters. The van der Waals surface area contributed by atoms with E-state index in [1.165, 1.54) is 56.0 Å². The van der Waals surface area contributed by atoms with Crippen LogP contribution < -0.4 is 0 Å². The van der Waals surface area contributed by atoms with Crippen molar-refractivity contribution in [1.82, 2.24) is 9.13 Å². The van der Waals surface area contributed by atoms with Gasteiger partial charge in [-0.05, 0) is 86.4 Å². The molecule has 44 heavy (non-hydrogen) atoms. The molecular formula is C37H27FN6. The molecule has 0 saturated carbocycles. The molecule has 0 spiro atoms. The van der Waals surface area contributed by atoms with Crippen LogP contribution in [0.25, 0.3) is 43.6 Å². The molecule has 7 heteroatoms. The average molecular weight is 575 g/mol. The second kappa shape index (κ2) is 8.80. The third kappa shape index (κ3) is 3.29. The molecule has 4 heterocycles. The number of aryl methyl sites for hydroxylation is 4. The highest BCUT2D eigenvalue weighted by atomic mass is 19.1. The Balaban J connectivity index is 1.34. The molecule has 4 aromatic carbocycles. The van der Waals surface area contributed by atoms with E-state index in [0.717, 1.165) is 22.1 Å². The summed E-state index contributed by atoms with van der Waals surface area (Å²) in [6, 6.07) is 25.1. The Morgan fingerprint density at radius 2 is 0.955 bits per heavy atom. The number of halogens is 1. The summed E-state index contributed by atoms with van der Waals surface area (Å²) in [5.41, 5.74) is 9.84. The van der Waals surface area contributed by atoms with Gasteiger partial charge in [-0.15, -0.1) is 0 Å². The maximum absolute atomic E-state index is 15.2. The number of hydrogen-bond donors (Lipinski definition) is 0. The fraction of sp³-hybridized carbons (Fsp3) is 0.135. The number of benzene rings is 4. The third-order valence-electron chi connectivity index (χ3n) is 9.18. The fourth-order valence-electron chi connectivity index (χ4n) is 7.29. The normalized spacial score (nSPS) is 17.8. The first kappa shape index (κ1) is 25.1. The molecule has 0 radical (unpaired) electrons. The van der Waals surface area contributed by atoms with Gasteiger partial charge in [-0.2, -0.15) is 9.98 Å². The van der Waals surface area contributed by atoms with E-state index in [-0.39, 0.29) is 5.83 Å². The number of amidine groups is 1. The summed E-state index contributed by atoms with van der Waals surface area (Å²) in [6.07, 6.45) is 2.97. The lowest BCUT2D eigenvalue weighted by molar-refractivity contribution is 0.660. The highest BCUT2D eigenvalue weighted by molar-refractivity contribution is 6.29. The maximum atomic E-state index is 15.2. The molecule has 2 aromatic heterocycles. The van der Waals surface area contributed by atoms with E-state index in [1.54, 1.807) is 0 Å². The molecule has 6 aromatic rings. The molecular weight excluding hydrogens is 547 g/mol. The van der Waals surface area contributed by atoms with Crippen LogP contribution in [0.3, 0.4) is 0 Å². The molecule has 6 nitrogen and oxygen atoms in total. The van der Waals surface area contributed by atoms with Crippen LogP contribution in [0, 0.1) is 33.6 Å². The Labute approximate surface area is 252 Å². The van der Waals surface area contributed by atoms with Crippen LogP contribution in [0.2, 0.25) is 0 Å². The Hall–Kier alpha value is -5.43. The van der Waals surface area contributed by atoms with E-state index < -0.39 is 5.92 Å². The van der Waals surface area contributed by atoms with Crippen LogP contribution in [-0.4, -0.2) is 32.6 Å². The van der Waals surface area contributed by atoms with Gasteiger partial charge in [-0.25, -0.2) is 14.4 Å². The van der Waals surface area contributed by atoms with Gasteiger partial charge in [-0.1, -0.05) is 48.5 Å². The Morgan fingerprint density at radius 3 is 1.41 bits per heavy atom. The first-order valence-electron chi connectivity index (χ1n) is 14.8. The Kier molecular flexibility index (Phi) is 5.02. The monoisotopic (exact) mass is 574 g/mol. The molecule has 9 rings (SSSR count). The first-order chi connectivity index (χ1) is 21.4. The van der Waals surface area contributed by atoms with Crippen molar-refractivity contribution in [2.24, 2.45) is 25.9 Å². The number of hydrogen-bond acceptors (Lipinski definition) is 4. The highest BCUT2D eigenvalue weighted by Crippen LogP contribution is 2.38. The number of allylic oxidation sites excluding steroid dienone is 3. The molecule has 0 amide bonds. The van der Waals surface area contributed by atoms with E-state index in [1.807, 2.05) is 0 Å². The molecule has 0 fully saturated rings. The van der Waals surface area contributed by atoms with Crippen molar-refractivity contribution in [3.8, 4) is 0 Å². The summed E-state index contributed by atoms with van der Waals surface area (Å²) in [5.74, 6) is 0.660. The zero-order valence-electron chi connectivity index (χ0n) is 24.7. The van der Waals surface area contributed by atoms with Gasteiger partial charge in [-0.3, -0.25) is 9.13 Å². The molecule has 212 valence electrons. The minimum atomic E-state index is -0.435. The van der Waals surface area contributed by atoms with Gasteiger partial charge < -0.3 is 0 Å². The standard InChI is InChI=1S/C37H27FN6/c1-19-9-5-13-26-30(19)31-20(2)10-6-14-27(31)43(26)36-39-24-17-23(38)18-25-34(24)35(41-36)42-37(40-25)44-28-15-7-11-21(3)32(28)33-22(4)12-8-16-29(33)44/h5-18,34H,1-4H3. The third-order valence-corrected chi connectivity index (χ3v) is 9.18.